The molecule has 4 heterocycles. The van der Waals surface area contributed by atoms with Gasteiger partial charge in [-0.3, -0.25) is 4.90 Å². The minimum Gasteiger partial charge on any atom is -0.393 e. The molecule has 8 nitrogen and oxygen atoms in total. The quantitative estimate of drug-likeness (QED) is 0.410. The summed E-state index contributed by atoms with van der Waals surface area (Å²) in [5.74, 6) is 2.29. The molecule has 5 rings (SSSR count). The van der Waals surface area contributed by atoms with Crippen LogP contribution in [0.4, 0.5) is 16.8 Å². The number of fused-ring (bicyclic) bond motifs is 1. The van der Waals surface area contributed by atoms with Gasteiger partial charge in [-0.2, -0.15) is 0 Å². The maximum absolute atomic E-state index is 9.88. The molecule has 3 aromatic rings. The van der Waals surface area contributed by atoms with Crippen molar-refractivity contribution in [3.63, 3.8) is 0 Å². The lowest BCUT2D eigenvalue weighted by Crippen LogP contribution is -2.42. The molecule has 0 radical (unpaired) electrons. The highest BCUT2D eigenvalue weighted by molar-refractivity contribution is 7.21. The number of rotatable bonds is 8. The molecule has 2 aliphatic rings. The average molecular weight is 497 g/mol. The number of morpholine rings is 1. The van der Waals surface area contributed by atoms with Gasteiger partial charge in [-0.25, -0.2) is 15.0 Å². The third kappa shape index (κ3) is 6.67. The van der Waals surface area contributed by atoms with Gasteiger partial charge < -0.3 is 20.5 Å². The third-order valence-electron chi connectivity index (χ3n) is 6.70. The van der Waals surface area contributed by atoms with E-state index >= 15 is 0 Å². The van der Waals surface area contributed by atoms with Gasteiger partial charge in [0, 0.05) is 31.9 Å². The van der Waals surface area contributed by atoms with E-state index in [2.05, 4.69) is 51.5 Å². The van der Waals surface area contributed by atoms with Crippen LogP contribution in [0.3, 0.4) is 0 Å². The zero-order chi connectivity index (χ0) is 24.2. The van der Waals surface area contributed by atoms with Gasteiger partial charge in [0.1, 0.15) is 22.0 Å². The van der Waals surface area contributed by atoms with Crippen LogP contribution in [-0.4, -0.2) is 62.9 Å². The highest BCUT2D eigenvalue weighted by Crippen LogP contribution is 2.29. The van der Waals surface area contributed by atoms with Crippen LogP contribution < -0.4 is 10.6 Å². The summed E-state index contributed by atoms with van der Waals surface area (Å²) in [6.45, 7) is 8.03. The molecule has 9 heteroatoms. The van der Waals surface area contributed by atoms with E-state index in [9.17, 15) is 5.11 Å². The minimum absolute atomic E-state index is 0.169. The van der Waals surface area contributed by atoms with Crippen molar-refractivity contribution in [3.8, 4) is 0 Å². The largest absolute Gasteiger partial charge is 0.393 e. The molecule has 1 saturated carbocycles. The number of hydrogen-bond donors (Lipinski definition) is 3. The Morgan fingerprint density at radius 3 is 2.80 bits per heavy atom. The van der Waals surface area contributed by atoms with Gasteiger partial charge in [-0.1, -0.05) is 25.2 Å². The normalized spacial score (nSPS) is 23.6. The number of aliphatic hydroxyl groups excluding tert-OH is 1. The number of anilines is 3. The fourth-order valence-electron chi connectivity index (χ4n) is 5.03. The first-order chi connectivity index (χ1) is 17.0. The molecular formula is C26H36N6O2S. The summed E-state index contributed by atoms with van der Waals surface area (Å²) in [7, 11) is 0. The van der Waals surface area contributed by atoms with E-state index in [1.165, 1.54) is 16.9 Å². The topological polar surface area (TPSA) is 95.4 Å². The van der Waals surface area contributed by atoms with Crippen LogP contribution in [0.1, 0.15) is 51.5 Å². The first-order valence-corrected chi connectivity index (χ1v) is 13.6. The lowest BCUT2D eigenvalue weighted by atomic mass is 9.93. The van der Waals surface area contributed by atoms with Crippen LogP contribution in [0, 0.1) is 5.92 Å². The molecular weight excluding hydrogens is 460 g/mol. The first kappa shape index (κ1) is 24.4. The molecule has 3 aromatic heterocycles. The van der Waals surface area contributed by atoms with E-state index in [0.717, 1.165) is 85.5 Å². The van der Waals surface area contributed by atoms with Crippen LogP contribution in [0.2, 0.25) is 0 Å². The second-order valence-electron chi connectivity index (χ2n) is 10.2. The molecule has 2 fully saturated rings. The third-order valence-corrected chi connectivity index (χ3v) is 7.59. The molecule has 1 unspecified atom stereocenters. The second-order valence-corrected chi connectivity index (χ2v) is 11.2. The van der Waals surface area contributed by atoms with Crippen LogP contribution in [0.15, 0.2) is 30.5 Å². The lowest BCUT2D eigenvalue weighted by Gasteiger charge is -2.34. The fourth-order valence-corrected chi connectivity index (χ4v) is 5.84. The SMILES string of the molecule is CC(C)CC1CN(Cc2cc(Nc3nc4cccnc4s3)nc(N[C@H]3CC[C@H](O)CC3)c2)CCO1. The number of aromatic nitrogens is 3. The molecule has 0 aromatic carbocycles. The molecule has 188 valence electrons. The molecule has 1 aliphatic heterocycles. The molecule has 1 aliphatic carbocycles. The van der Waals surface area contributed by atoms with E-state index in [1.54, 1.807) is 6.20 Å². The predicted molar refractivity (Wildman–Crippen MR) is 141 cm³/mol. The van der Waals surface area contributed by atoms with E-state index in [4.69, 9.17) is 9.72 Å². The lowest BCUT2D eigenvalue weighted by molar-refractivity contribution is -0.0399. The van der Waals surface area contributed by atoms with Gasteiger partial charge in [-0.05, 0) is 67.9 Å². The number of ether oxygens (including phenoxy) is 1. The molecule has 35 heavy (non-hydrogen) atoms. The Morgan fingerprint density at radius 2 is 2.00 bits per heavy atom. The van der Waals surface area contributed by atoms with Gasteiger partial charge in [0.2, 0.25) is 0 Å². The molecule has 0 bridgehead atoms. The Bertz CT molecular complexity index is 1080. The van der Waals surface area contributed by atoms with E-state index < -0.39 is 0 Å². The Hall–Kier alpha value is -2.33. The van der Waals surface area contributed by atoms with Crippen LogP contribution in [0.5, 0.6) is 0 Å². The van der Waals surface area contributed by atoms with Crippen LogP contribution in [-0.2, 0) is 11.3 Å². The zero-order valence-electron chi connectivity index (χ0n) is 20.6. The van der Waals surface area contributed by atoms with Gasteiger partial charge in [0.15, 0.2) is 5.13 Å². The Morgan fingerprint density at radius 1 is 1.17 bits per heavy atom. The first-order valence-electron chi connectivity index (χ1n) is 12.8. The van der Waals surface area contributed by atoms with Gasteiger partial charge in [-0.15, -0.1) is 0 Å². The number of aliphatic hydroxyl groups is 1. The summed E-state index contributed by atoms with van der Waals surface area (Å²) >= 11 is 1.53. The van der Waals surface area contributed by atoms with Gasteiger partial charge in [0.05, 0.1) is 18.8 Å². The predicted octanol–water partition coefficient (Wildman–Crippen LogP) is 4.79. The number of nitrogens with zero attached hydrogens (tertiary/aromatic N) is 4. The number of pyridine rings is 2. The highest BCUT2D eigenvalue weighted by Gasteiger charge is 2.23. The van der Waals surface area contributed by atoms with E-state index in [0.29, 0.717) is 18.1 Å². The summed E-state index contributed by atoms with van der Waals surface area (Å²) in [5.41, 5.74) is 2.10. The molecule has 0 amide bonds. The number of hydrogen-bond acceptors (Lipinski definition) is 9. The zero-order valence-corrected chi connectivity index (χ0v) is 21.4. The molecule has 3 N–H and O–H groups in total. The van der Waals surface area contributed by atoms with E-state index in [-0.39, 0.29) is 6.10 Å². The van der Waals surface area contributed by atoms with Crippen molar-refractivity contribution in [2.45, 2.75) is 70.7 Å². The summed E-state index contributed by atoms with van der Waals surface area (Å²) in [6, 6.07) is 8.51. The van der Waals surface area contributed by atoms with Crippen molar-refractivity contribution >= 4 is 38.5 Å². The van der Waals surface area contributed by atoms with Crippen molar-refractivity contribution in [2.75, 3.05) is 30.3 Å². The number of thiazole rings is 1. The fraction of sp³-hybridized carbons (Fsp3) is 0.577. The standard InChI is InChI=1S/C26H36N6O2S/c1-17(2)12-21-16-32(10-11-34-21)15-18-13-23(28-19-5-7-20(33)8-6-19)30-24(14-18)31-26-29-22-4-3-9-27-25(22)35-26/h3-4,9,13-14,17,19-21,33H,5-8,10-12,15-16H2,1-2H3,(H2,28,29,30,31)/t19-,20-,21?. The summed E-state index contributed by atoms with van der Waals surface area (Å²) in [6.07, 6.45) is 6.60. The molecule has 1 atom stereocenters. The Labute approximate surface area is 211 Å². The maximum atomic E-state index is 9.88. The maximum Gasteiger partial charge on any atom is 0.190 e. The van der Waals surface area contributed by atoms with Crippen LogP contribution in [0.25, 0.3) is 10.3 Å². The van der Waals surface area contributed by atoms with Crippen molar-refractivity contribution in [1.29, 1.82) is 0 Å². The van der Waals surface area contributed by atoms with Crippen LogP contribution >= 0.6 is 11.3 Å². The van der Waals surface area contributed by atoms with Crippen molar-refractivity contribution in [2.24, 2.45) is 5.92 Å². The second kappa shape index (κ2) is 11.2. The Kier molecular flexibility index (Phi) is 7.77. The highest BCUT2D eigenvalue weighted by atomic mass is 32.1. The Balaban J connectivity index is 1.34. The summed E-state index contributed by atoms with van der Waals surface area (Å²) in [4.78, 5) is 17.4. The van der Waals surface area contributed by atoms with Gasteiger partial charge >= 0.3 is 0 Å². The minimum atomic E-state index is -0.169. The monoisotopic (exact) mass is 496 g/mol. The summed E-state index contributed by atoms with van der Waals surface area (Å²) in [5, 5.41) is 17.7. The van der Waals surface area contributed by atoms with Crippen molar-refractivity contribution < 1.29 is 9.84 Å². The summed E-state index contributed by atoms with van der Waals surface area (Å²) < 4.78 is 6.01. The van der Waals surface area contributed by atoms with Crippen molar-refractivity contribution in [1.82, 2.24) is 19.9 Å². The van der Waals surface area contributed by atoms with E-state index in [1.807, 2.05) is 12.1 Å². The van der Waals surface area contributed by atoms with Gasteiger partial charge in [0.25, 0.3) is 0 Å². The average Bonchev–Trinajstić information content (AvgIpc) is 3.22. The number of nitrogens with one attached hydrogen (secondary N) is 2. The molecule has 0 spiro atoms. The molecule has 1 saturated heterocycles. The smallest absolute Gasteiger partial charge is 0.190 e. The van der Waals surface area contributed by atoms with Crippen molar-refractivity contribution in [3.05, 3.63) is 36.0 Å².